The molecule has 120 valence electrons. The van der Waals surface area contributed by atoms with Crippen LogP contribution in [-0.4, -0.2) is 29.2 Å². The van der Waals surface area contributed by atoms with E-state index >= 15 is 0 Å². The summed E-state index contributed by atoms with van der Waals surface area (Å²) in [5.41, 5.74) is 1.33. The third-order valence-corrected chi connectivity index (χ3v) is 4.47. The number of methoxy groups -OCH3 is 1. The zero-order chi connectivity index (χ0) is 16.4. The molecule has 0 saturated heterocycles. The van der Waals surface area contributed by atoms with E-state index in [0.29, 0.717) is 11.6 Å². The molecule has 0 amide bonds. The van der Waals surface area contributed by atoms with Gasteiger partial charge in [0.05, 0.1) is 25.3 Å². The number of H-pyrrole nitrogens is 1. The van der Waals surface area contributed by atoms with Gasteiger partial charge in [-0.2, -0.15) is 5.26 Å². The molecule has 1 aliphatic carbocycles. The van der Waals surface area contributed by atoms with Gasteiger partial charge in [-0.05, 0) is 25.2 Å². The number of carbonyl (C=O) groups excluding carboxylic acids is 1. The van der Waals surface area contributed by atoms with E-state index in [2.05, 4.69) is 28.4 Å². The second kappa shape index (κ2) is 6.24. The number of fused-ring (bicyclic) bond motifs is 1. The van der Waals surface area contributed by atoms with Crippen LogP contribution in [0.2, 0.25) is 0 Å². The fraction of sp³-hybridized carbons (Fsp3) is 0.500. The van der Waals surface area contributed by atoms with Crippen LogP contribution in [0.4, 0.5) is 0 Å². The van der Waals surface area contributed by atoms with E-state index in [-0.39, 0.29) is 30.1 Å². The Morgan fingerprint density at radius 3 is 3.13 bits per heavy atom. The first-order valence-electron chi connectivity index (χ1n) is 7.62. The summed E-state index contributed by atoms with van der Waals surface area (Å²) in [6.45, 7) is 0. The van der Waals surface area contributed by atoms with Gasteiger partial charge in [-0.3, -0.25) is 15.3 Å². The minimum Gasteiger partial charge on any atom is -0.469 e. The first-order chi connectivity index (χ1) is 11.2. The van der Waals surface area contributed by atoms with Crippen LogP contribution in [-0.2, 0) is 16.0 Å². The van der Waals surface area contributed by atoms with Gasteiger partial charge in [0.25, 0.3) is 0 Å². The quantitative estimate of drug-likeness (QED) is 0.655. The maximum atomic E-state index is 11.6. The molecule has 7 heteroatoms. The van der Waals surface area contributed by atoms with Crippen molar-refractivity contribution in [2.24, 2.45) is 11.8 Å². The number of aromatic nitrogens is 2. The molecule has 3 atom stereocenters. The second-order valence-corrected chi connectivity index (χ2v) is 5.80. The number of esters is 1. The molecule has 0 spiro atoms. The van der Waals surface area contributed by atoms with Gasteiger partial charge in [-0.1, -0.05) is 12.2 Å². The Bertz CT molecular complexity index is 701. The molecule has 0 radical (unpaired) electrons. The summed E-state index contributed by atoms with van der Waals surface area (Å²) in [5, 5.41) is 24.4. The third-order valence-electron chi connectivity index (χ3n) is 4.47. The van der Waals surface area contributed by atoms with Crippen LogP contribution in [0.1, 0.15) is 36.4 Å². The molecule has 23 heavy (non-hydrogen) atoms. The van der Waals surface area contributed by atoms with Gasteiger partial charge in [-0.25, -0.2) is 0 Å². The highest BCUT2D eigenvalue weighted by Gasteiger charge is 2.43. The van der Waals surface area contributed by atoms with Gasteiger partial charge < -0.3 is 9.47 Å². The van der Waals surface area contributed by atoms with Crippen molar-refractivity contribution >= 4 is 11.9 Å². The van der Waals surface area contributed by atoms with Gasteiger partial charge in [0.15, 0.2) is 0 Å². The molecule has 1 aliphatic heterocycles. The van der Waals surface area contributed by atoms with Gasteiger partial charge >= 0.3 is 5.97 Å². The van der Waals surface area contributed by atoms with Crippen LogP contribution in [0.5, 0.6) is 5.88 Å². The molecule has 2 N–H and O–H groups in total. The average molecular weight is 314 g/mol. The molecule has 1 aromatic rings. The van der Waals surface area contributed by atoms with Crippen molar-refractivity contribution in [2.75, 3.05) is 7.11 Å². The van der Waals surface area contributed by atoms with Crippen molar-refractivity contribution < 1.29 is 14.3 Å². The highest BCUT2D eigenvalue weighted by molar-refractivity contribution is 5.84. The van der Waals surface area contributed by atoms with E-state index < -0.39 is 5.92 Å². The van der Waals surface area contributed by atoms with Gasteiger partial charge in [0, 0.05) is 11.5 Å². The Morgan fingerprint density at radius 2 is 2.48 bits per heavy atom. The average Bonchev–Trinajstić information content (AvgIpc) is 2.96. The van der Waals surface area contributed by atoms with Crippen molar-refractivity contribution in [1.82, 2.24) is 10.2 Å². The van der Waals surface area contributed by atoms with Crippen molar-refractivity contribution in [3.8, 4) is 11.9 Å². The van der Waals surface area contributed by atoms with Crippen LogP contribution in [0.25, 0.3) is 0 Å². The van der Waals surface area contributed by atoms with Gasteiger partial charge in [0.2, 0.25) is 11.8 Å². The zero-order valence-electron chi connectivity index (χ0n) is 12.8. The maximum Gasteiger partial charge on any atom is 0.311 e. The van der Waals surface area contributed by atoms with Crippen LogP contribution < -0.4 is 4.74 Å². The van der Waals surface area contributed by atoms with Crippen molar-refractivity contribution in [1.29, 1.82) is 10.7 Å². The summed E-state index contributed by atoms with van der Waals surface area (Å²) in [6.07, 6.45) is 7.28. The smallest absolute Gasteiger partial charge is 0.311 e. The molecule has 3 unspecified atom stereocenters. The number of nitrogens with one attached hydrogen (secondary N) is 2. The number of allylic oxidation sites excluding steroid dienone is 2. The predicted octanol–water partition coefficient (Wildman–Crippen LogP) is 2.07. The summed E-state index contributed by atoms with van der Waals surface area (Å²) in [7, 11) is 1.33. The van der Waals surface area contributed by atoms with Crippen LogP contribution in [0, 0.1) is 28.6 Å². The largest absolute Gasteiger partial charge is 0.469 e. The number of nitriles is 1. The molecule has 0 fully saturated rings. The van der Waals surface area contributed by atoms with Crippen LogP contribution in [0.15, 0.2) is 12.2 Å². The zero-order valence-corrected chi connectivity index (χ0v) is 12.8. The molecule has 3 rings (SSSR count). The lowest BCUT2D eigenvalue weighted by Gasteiger charge is -2.33. The molecular formula is C16H18N4O3. The van der Waals surface area contributed by atoms with Crippen molar-refractivity contribution in [3.05, 3.63) is 23.4 Å². The van der Waals surface area contributed by atoms with Gasteiger partial charge in [-0.15, -0.1) is 5.10 Å². The lowest BCUT2D eigenvalue weighted by atomic mass is 9.72. The number of ether oxygens (including phenoxy) is 2. The standard InChI is InChI=1S/C16H18N4O3/c1-22-12(21)7-11-14-13(9-5-3-2-4-6-9)10(8-17)15(18)23-16(14)20-19-11/h3,5,9-10,13,18H,2,4,6-7H2,1H3,(H,19,20). The summed E-state index contributed by atoms with van der Waals surface area (Å²) in [6, 6.07) is 2.19. The topological polar surface area (TPSA) is 112 Å². The number of aromatic amines is 1. The number of hydrogen-bond donors (Lipinski definition) is 2. The Labute approximate surface area is 133 Å². The molecule has 7 nitrogen and oxygen atoms in total. The monoisotopic (exact) mass is 314 g/mol. The molecule has 0 saturated carbocycles. The lowest BCUT2D eigenvalue weighted by Crippen LogP contribution is -2.34. The number of hydrogen-bond acceptors (Lipinski definition) is 6. The van der Waals surface area contributed by atoms with Gasteiger partial charge in [0.1, 0.15) is 5.92 Å². The van der Waals surface area contributed by atoms with Crippen molar-refractivity contribution in [3.63, 3.8) is 0 Å². The Hall–Kier alpha value is -2.62. The minimum absolute atomic E-state index is 0.0423. The number of nitrogens with zero attached hydrogens (tertiary/aromatic N) is 2. The summed E-state index contributed by atoms with van der Waals surface area (Å²) >= 11 is 0. The highest BCUT2D eigenvalue weighted by Crippen LogP contribution is 2.46. The predicted molar refractivity (Wildman–Crippen MR) is 81.0 cm³/mol. The Balaban J connectivity index is 2.05. The molecule has 2 heterocycles. The third kappa shape index (κ3) is 2.72. The van der Waals surface area contributed by atoms with E-state index in [4.69, 9.17) is 14.9 Å². The lowest BCUT2D eigenvalue weighted by molar-refractivity contribution is -0.139. The highest BCUT2D eigenvalue weighted by atomic mass is 16.5. The normalized spacial score (nSPS) is 26.1. The first kappa shape index (κ1) is 15.3. The van der Waals surface area contributed by atoms with E-state index in [1.807, 2.05) is 0 Å². The first-order valence-corrected chi connectivity index (χ1v) is 7.62. The SMILES string of the molecule is COC(=O)Cc1[nH]nc2c1C(C1C=CCCC1)C(C#N)C(=N)O2. The fourth-order valence-corrected chi connectivity index (χ4v) is 3.38. The van der Waals surface area contributed by atoms with E-state index in [1.54, 1.807) is 0 Å². The van der Waals surface area contributed by atoms with E-state index in [0.717, 1.165) is 24.8 Å². The van der Waals surface area contributed by atoms with Crippen LogP contribution >= 0.6 is 0 Å². The molecule has 0 aromatic carbocycles. The summed E-state index contributed by atoms with van der Waals surface area (Å²) in [5.74, 6) is -0.950. The Kier molecular flexibility index (Phi) is 4.15. The summed E-state index contributed by atoms with van der Waals surface area (Å²) < 4.78 is 10.1. The molecule has 2 aliphatic rings. The minimum atomic E-state index is -0.677. The second-order valence-electron chi connectivity index (χ2n) is 5.80. The maximum absolute atomic E-state index is 11.6. The number of carbonyl (C=O) groups is 1. The van der Waals surface area contributed by atoms with Crippen LogP contribution in [0.3, 0.4) is 0 Å². The van der Waals surface area contributed by atoms with E-state index in [9.17, 15) is 10.1 Å². The number of rotatable bonds is 3. The van der Waals surface area contributed by atoms with Crippen molar-refractivity contribution in [2.45, 2.75) is 31.6 Å². The summed E-state index contributed by atoms with van der Waals surface area (Å²) in [4.78, 5) is 11.6. The fourth-order valence-electron chi connectivity index (χ4n) is 3.38. The van der Waals surface area contributed by atoms with E-state index in [1.165, 1.54) is 7.11 Å². The molecule has 1 aromatic heterocycles. The molecular weight excluding hydrogens is 296 g/mol. The Morgan fingerprint density at radius 1 is 1.65 bits per heavy atom. The molecule has 0 bridgehead atoms.